The summed E-state index contributed by atoms with van der Waals surface area (Å²) in [6, 6.07) is 8.97. The smallest absolute Gasteiger partial charge is 0.0129 e. The molecule has 88 valence electrons. The maximum atomic E-state index is 2.39. The standard InChI is InChI=1S/C16H24/c1-12(2)14-9-6-7-11-16(14)15-10-5-4-8-13(15)3/h4-5,8,10,12,14,16H,6-7,9,11H2,1-3H3. The average molecular weight is 216 g/mol. The van der Waals surface area contributed by atoms with Crippen molar-refractivity contribution in [3.63, 3.8) is 0 Å². The normalized spacial score (nSPS) is 26.0. The monoisotopic (exact) mass is 216 g/mol. The molecule has 0 N–H and O–H groups in total. The van der Waals surface area contributed by atoms with Crippen LogP contribution in [0.15, 0.2) is 24.3 Å². The lowest BCUT2D eigenvalue weighted by Gasteiger charge is -2.35. The predicted octanol–water partition coefficient (Wildman–Crippen LogP) is 4.92. The number of hydrogen-bond acceptors (Lipinski definition) is 0. The molecule has 0 aromatic heterocycles. The molecule has 0 aliphatic heterocycles. The zero-order chi connectivity index (χ0) is 11.5. The zero-order valence-corrected chi connectivity index (χ0v) is 10.9. The molecule has 2 atom stereocenters. The molecule has 2 rings (SSSR count). The van der Waals surface area contributed by atoms with Crippen molar-refractivity contribution in [2.45, 2.75) is 52.4 Å². The summed E-state index contributed by atoms with van der Waals surface area (Å²) in [6.07, 6.45) is 5.68. The lowest BCUT2D eigenvalue weighted by molar-refractivity contribution is 0.237. The summed E-state index contributed by atoms with van der Waals surface area (Å²) >= 11 is 0. The Morgan fingerprint density at radius 2 is 1.75 bits per heavy atom. The van der Waals surface area contributed by atoms with Crippen LogP contribution in [0.1, 0.15) is 56.6 Å². The molecule has 0 heteroatoms. The molecule has 1 aliphatic carbocycles. The third-order valence-electron chi connectivity index (χ3n) is 4.26. The fourth-order valence-electron chi connectivity index (χ4n) is 3.35. The Labute approximate surface area is 100 Å². The fraction of sp³-hybridized carbons (Fsp3) is 0.625. The summed E-state index contributed by atoms with van der Waals surface area (Å²) in [7, 11) is 0. The van der Waals surface area contributed by atoms with E-state index in [1.165, 1.54) is 31.2 Å². The van der Waals surface area contributed by atoms with Gasteiger partial charge in [-0.25, -0.2) is 0 Å². The number of hydrogen-bond donors (Lipinski definition) is 0. The molecule has 1 saturated carbocycles. The first-order valence-electron chi connectivity index (χ1n) is 6.75. The molecule has 0 nitrogen and oxygen atoms in total. The van der Waals surface area contributed by atoms with Crippen LogP contribution in [-0.2, 0) is 0 Å². The Morgan fingerprint density at radius 1 is 1.06 bits per heavy atom. The van der Waals surface area contributed by atoms with E-state index in [9.17, 15) is 0 Å². The molecule has 1 aromatic carbocycles. The molecule has 0 bridgehead atoms. The Balaban J connectivity index is 2.27. The second kappa shape index (κ2) is 5.03. The van der Waals surface area contributed by atoms with E-state index in [1.807, 2.05) is 0 Å². The lowest BCUT2D eigenvalue weighted by atomic mass is 9.70. The molecular formula is C16H24. The molecular weight excluding hydrogens is 192 g/mol. The second-order valence-corrected chi connectivity index (χ2v) is 5.66. The van der Waals surface area contributed by atoms with Gasteiger partial charge in [0.05, 0.1) is 0 Å². The van der Waals surface area contributed by atoms with E-state index in [0.29, 0.717) is 0 Å². The minimum atomic E-state index is 0.815. The van der Waals surface area contributed by atoms with Gasteiger partial charge in [-0.15, -0.1) is 0 Å². The summed E-state index contributed by atoms with van der Waals surface area (Å²) in [6.45, 7) is 7.05. The number of aryl methyl sites for hydroxylation is 1. The van der Waals surface area contributed by atoms with Gasteiger partial charge in [0.1, 0.15) is 0 Å². The first kappa shape index (κ1) is 11.7. The van der Waals surface area contributed by atoms with Crippen LogP contribution in [0, 0.1) is 18.8 Å². The van der Waals surface area contributed by atoms with Crippen molar-refractivity contribution in [2.75, 3.05) is 0 Å². The van der Waals surface area contributed by atoms with Crippen LogP contribution in [0.3, 0.4) is 0 Å². The topological polar surface area (TPSA) is 0 Å². The van der Waals surface area contributed by atoms with E-state index in [2.05, 4.69) is 45.0 Å². The second-order valence-electron chi connectivity index (χ2n) is 5.66. The maximum absolute atomic E-state index is 2.39. The molecule has 0 saturated heterocycles. The van der Waals surface area contributed by atoms with E-state index in [1.54, 1.807) is 5.56 Å². The molecule has 0 heterocycles. The van der Waals surface area contributed by atoms with Crippen LogP contribution in [0.25, 0.3) is 0 Å². The van der Waals surface area contributed by atoms with E-state index in [-0.39, 0.29) is 0 Å². The summed E-state index contributed by atoms with van der Waals surface area (Å²) in [5, 5.41) is 0. The van der Waals surface area contributed by atoms with Crippen molar-refractivity contribution in [2.24, 2.45) is 11.8 Å². The highest BCUT2D eigenvalue weighted by atomic mass is 14.3. The first-order chi connectivity index (χ1) is 7.70. The highest BCUT2D eigenvalue weighted by Crippen LogP contribution is 2.42. The van der Waals surface area contributed by atoms with Gasteiger partial charge in [0.25, 0.3) is 0 Å². The SMILES string of the molecule is Cc1ccccc1C1CCCCC1C(C)C. The highest BCUT2D eigenvalue weighted by Gasteiger charge is 2.29. The average Bonchev–Trinajstić information content (AvgIpc) is 2.29. The van der Waals surface area contributed by atoms with Crippen molar-refractivity contribution in [3.8, 4) is 0 Å². The molecule has 16 heavy (non-hydrogen) atoms. The van der Waals surface area contributed by atoms with E-state index >= 15 is 0 Å². The van der Waals surface area contributed by atoms with Gasteiger partial charge in [0.15, 0.2) is 0 Å². The summed E-state index contributed by atoms with van der Waals surface area (Å²) in [4.78, 5) is 0. The lowest BCUT2D eigenvalue weighted by Crippen LogP contribution is -2.23. The van der Waals surface area contributed by atoms with Gasteiger partial charge in [-0.2, -0.15) is 0 Å². The van der Waals surface area contributed by atoms with E-state index in [4.69, 9.17) is 0 Å². The Hall–Kier alpha value is -0.780. The largest absolute Gasteiger partial charge is 0.0625 e. The number of rotatable bonds is 2. The minimum absolute atomic E-state index is 0.815. The molecule has 0 spiro atoms. The Kier molecular flexibility index (Phi) is 3.68. The van der Waals surface area contributed by atoms with Gasteiger partial charge in [0, 0.05) is 0 Å². The van der Waals surface area contributed by atoms with Crippen molar-refractivity contribution >= 4 is 0 Å². The van der Waals surface area contributed by atoms with Crippen LogP contribution in [0.5, 0.6) is 0 Å². The van der Waals surface area contributed by atoms with Gasteiger partial charge in [0.2, 0.25) is 0 Å². The Morgan fingerprint density at radius 3 is 2.44 bits per heavy atom. The van der Waals surface area contributed by atoms with Gasteiger partial charge in [-0.1, -0.05) is 51.0 Å². The van der Waals surface area contributed by atoms with Crippen molar-refractivity contribution < 1.29 is 0 Å². The number of benzene rings is 1. The fourth-order valence-corrected chi connectivity index (χ4v) is 3.35. The molecule has 1 fully saturated rings. The molecule has 0 radical (unpaired) electrons. The Bertz CT molecular complexity index is 338. The third kappa shape index (κ3) is 2.31. The first-order valence-corrected chi connectivity index (χ1v) is 6.75. The van der Waals surface area contributed by atoms with E-state index < -0.39 is 0 Å². The van der Waals surface area contributed by atoms with Crippen LogP contribution in [-0.4, -0.2) is 0 Å². The molecule has 1 aliphatic rings. The van der Waals surface area contributed by atoms with Crippen LogP contribution in [0.2, 0.25) is 0 Å². The van der Waals surface area contributed by atoms with Gasteiger partial charge in [-0.3, -0.25) is 0 Å². The van der Waals surface area contributed by atoms with Crippen LogP contribution in [0.4, 0.5) is 0 Å². The minimum Gasteiger partial charge on any atom is -0.0625 e. The van der Waals surface area contributed by atoms with E-state index in [0.717, 1.165) is 17.8 Å². The van der Waals surface area contributed by atoms with Crippen molar-refractivity contribution in [1.82, 2.24) is 0 Å². The molecule has 1 aromatic rings. The third-order valence-corrected chi connectivity index (χ3v) is 4.26. The van der Waals surface area contributed by atoms with Gasteiger partial charge in [-0.05, 0) is 48.6 Å². The summed E-state index contributed by atoms with van der Waals surface area (Å²) in [5.74, 6) is 2.54. The quantitative estimate of drug-likeness (QED) is 0.658. The maximum Gasteiger partial charge on any atom is -0.0129 e. The van der Waals surface area contributed by atoms with Crippen LogP contribution >= 0.6 is 0 Å². The molecule has 0 amide bonds. The summed E-state index contributed by atoms with van der Waals surface area (Å²) in [5.41, 5.74) is 3.10. The predicted molar refractivity (Wildman–Crippen MR) is 70.7 cm³/mol. The summed E-state index contributed by atoms with van der Waals surface area (Å²) < 4.78 is 0. The van der Waals surface area contributed by atoms with Crippen molar-refractivity contribution in [1.29, 1.82) is 0 Å². The molecule has 2 unspecified atom stereocenters. The van der Waals surface area contributed by atoms with Gasteiger partial charge >= 0.3 is 0 Å². The van der Waals surface area contributed by atoms with Crippen LogP contribution < -0.4 is 0 Å². The zero-order valence-electron chi connectivity index (χ0n) is 10.9. The van der Waals surface area contributed by atoms with Crippen molar-refractivity contribution in [3.05, 3.63) is 35.4 Å². The highest BCUT2D eigenvalue weighted by molar-refractivity contribution is 5.30. The van der Waals surface area contributed by atoms with Gasteiger partial charge < -0.3 is 0 Å².